The second kappa shape index (κ2) is 7.68. The normalized spacial score (nSPS) is 17.1. The number of carboxylic acid groups (broad SMARTS) is 1. The summed E-state index contributed by atoms with van der Waals surface area (Å²) in [4.78, 5) is 34.2. The molecule has 0 aromatic rings. The van der Waals surface area contributed by atoms with E-state index in [0.717, 1.165) is 0 Å². The van der Waals surface area contributed by atoms with Crippen LogP contribution in [0.3, 0.4) is 0 Å². The molecule has 4 N–H and O–H groups in total. The molecule has 0 unspecified atom stereocenters. The van der Waals surface area contributed by atoms with Gasteiger partial charge in [-0.1, -0.05) is 0 Å². The molecule has 0 aromatic heterocycles. The Morgan fingerprint density at radius 1 is 1.20 bits per heavy atom. The van der Waals surface area contributed by atoms with Crippen LogP contribution < -0.4 is 16.0 Å². The van der Waals surface area contributed by atoms with Crippen LogP contribution >= 0.6 is 0 Å². The van der Waals surface area contributed by atoms with Crippen LogP contribution in [0.4, 0.5) is 4.79 Å². The summed E-state index contributed by atoms with van der Waals surface area (Å²) in [6.07, 6.45) is 0.614. The van der Waals surface area contributed by atoms with E-state index in [-0.39, 0.29) is 31.7 Å². The number of ether oxygens (including phenoxy) is 1. The van der Waals surface area contributed by atoms with Crippen molar-refractivity contribution in [1.29, 1.82) is 0 Å². The molecule has 0 spiro atoms. The van der Waals surface area contributed by atoms with E-state index in [1.807, 2.05) is 0 Å². The number of amides is 3. The summed E-state index contributed by atoms with van der Waals surface area (Å²) in [5.74, 6) is -1.23. The third-order valence-electron chi connectivity index (χ3n) is 3.12. The van der Waals surface area contributed by atoms with Gasteiger partial charge in [-0.25, -0.2) is 9.59 Å². The molecule has 3 amide bonds. The zero-order chi connectivity index (χ0) is 15.0. The van der Waals surface area contributed by atoms with Gasteiger partial charge >= 0.3 is 12.0 Å². The fourth-order valence-corrected chi connectivity index (χ4v) is 1.95. The van der Waals surface area contributed by atoms with Crippen molar-refractivity contribution in [2.75, 3.05) is 26.3 Å². The van der Waals surface area contributed by atoms with Gasteiger partial charge in [-0.3, -0.25) is 4.79 Å². The number of hydrogen-bond donors (Lipinski definition) is 4. The topological polar surface area (TPSA) is 117 Å². The van der Waals surface area contributed by atoms with Crippen LogP contribution in [0.15, 0.2) is 0 Å². The molecule has 20 heavy (non-hydrogen) atoms. The second-order valence-corrected chi connectivity index (χ2v) is 4.58. The molecule has 1 rings (SSSR count). The lowest BCUT2D eigenvalue weighted by molar-refractivity contribution is -0.148. The Bertz CT molecular complexity index is 366. The van der Waals surface area contributed by atoms with Crippen LogP contribution in [0.5, 0.6) is 0 Å². The number of rotatable bonds is 6. The first-order chi connectivity index (χ1) is 9.50. The number of carbonyl (C=O) groups is 3. The smallest absolute Gasteiger partial charge is 0.329 e. The Labute approximate surface area is 117 Å². The Balaban J connectivity index is 2.39. The first-order valence-electron chi connectivity index (χ1n) is 6.64. The van der Waals surface area contributed by atoms with Gasteiger partial charge in [-0.2, -0.15) is 0 Å². The van der Waals surface area contributed by atoms with Gasteiger partial charge in [-0.15, -0.1) is 0 Å². The third kappa shape index (κ3) is 4.69. The van der Waals surface area contributed by atoms with Crippen LogP contribution in [0.1, 0.15) is 26.2 Å². The highest BCUT2D eigenvalue weighted by molar-refractivity contribution is 5.86. The number of urea groups is 1. The lowest BCUT2D eigenvalue weighted by Gasteiger charge is -2.33. The highest BCUT2D eigenvalue weighted by atomic mass is 16.5. The molecule has 0 bridgehead atoms. The van der Waals surface area contributed by atoms with Gasteiger partial charge in [0.05, 0.1) is 0 Å². The van der Waals surface area contributed by atoms with Crippen molar-refractivity contribution in [3.8, 4) is 0 Å². The maximum atomic E-state index is 11.7. The molecular weight excluding hydrogens is 266 g/mol. The average Bonchev–Trinajstić information content (AvgIpc) is 2.39. The van der Waals surface area contributed by atoms with Gasteiger partial charge in [0, 0.05) is 45.6 Å². The van der Waals surface area contributed by atoms with Crippen LogP contribution in [0, 0.1) is 0 Å². The summed E-state index contributed by atoms with van der Waals surface area (Å²) >= 11 is 0. The molecule has 1 aliphatic heterocycles. The fraction of sp³-hybridized carbons (Fsp3) is 0.750. The van der Waals surface area contributed by atoms with Crippen molar-refractivity contribution < 1.29 is 24.2 Å². The summed E-state index contributed by atoms with van der Waals surface area (Å²) < 4.78 is 5.11. The molecule has 1 saturated heterocycles. The highest BCUT2D eigenvalue weighted by Gasteiger charge is 2.41. The quantitative estimate of drug-likeness (QED) is 0.523. The molecular formula is C12H21N3O5. The molecule has 1 fully saturated rings. The van der Waals surface area contributed by atoms with E-state index >= 15 is 0 Å². The van der Waals surface area contributed by atoms with Gasteiger partial charge in [0.25, 0.3) is 0 Å². The Hall–Kier alpha value is -1.83. The maximum Gasteiger partial charge on any atom is 0.329 e. The Kier molecular flexibility index (Phi) is 6.23. The number of aliphatic carboxylic acids is 1. The summed E-state index contributed by atoms with van der Waals surface area (Å²) in [5, 5.41) is 16.8. The third-order valence-corrected chi connectivity index (χ3v) is 3.12. The average molecular weight is 287 g/mol. The maximum absolute atomic E-state index is 11.7. The zero-order valence-corrected chi connectivity index (χ0v) is 11.5. The largest absolute Gasteiger partial charge is 0.480 e. The van der Waals surface area contributed by atoms with E-state index in [0.29, 0.717) is 19.8 Å². The molecule has 114 valence electrons. The zero-order valence-electron chi connectivity index (χ0n) is 11.5. The van der Waals surface area contributed by atoms with Crippen molar-refractivity contribution in [3.63, 3.8) is 0 Å². The van der Waals surface area contributed by atoms with E-state index in [2.05, 4.69) is 16.0 Å². The van der Waals surface area contributed by atoms with Crippen molar-refractivity contribution in [2.24, 2.45) is 0 Å². The monoisotopic (exact) mass is 287 g/mol. The Morgan fingerprint density at radius 2 is 1.85 bits per heavy atom. The first kappa shape index (κ1) is 16.2. The van der Waals surface area contributed by atoms with Crippen LogP contribution in [-0.2, 0) is 14.3 Å². The molecule has 0 aromatic carbocycles. The standard InChI is InChI=1S/C12H21N3O5/c1-2-13-9(16)3-6-14-11(19)15-12(10(17)18)4-7-20-8-5-12/h2-8H2,1H3,(H,13,16)(H,17,18)(H2,14,15,19). The van der Waals surface area contributed by atoms with Crippen molar-refractivity contribution >= 4 is 17.9 Å². The van der Waals surface area contributed by atoms with E-state index in [1.165, 1.54) is 0 Å². The minimum atomic E-state index is -1.28. The molecule has 1 aliphatic rings. The molecule has 1 heterocycles. The van der Waals surface area contributed by atoms with Crippen LogP contribution in [0.2, 0.25) is 0 Å². The van der Waals surface area contributed by atoms with E-state index < -0.39 is 17.5 Å². The van der Waals surface area contributed by atoms with Crippen LogP contribution in [-0.4, -0.2) is 54.9 Å². The minimum absolute atomic E-state index is 0.157. The second-order valence-electron chi connectivity index (χ2n) is 4.58. The predicted molar refractivity (Wildman–Crippen MR) is 70.3 cm³/mol. The van der Waals surface area contributed by atoms with Crippen molar-refractivity contribution in [1.82, 2.24) is 16.0 Å². The lowest BCUT2D eigenvalue weighted by Crippen LogP contribution is -2.59. The van der Waals surface area contributed by atoms with Crippen molar-refractivity contribution in [3.05, 3.63) is 0 Å². The number of carboxylic acids is 1. The summed E-state index contributed by atoms with van der Waals surface area (Å²) in [7, 11) is 0. The van der Waals surface area contributed by atoms with E-state index in [1.54, 1.807) is 6.92 Å². The van der Waals surface area contributed by atoms with E-state index in [4.69, 9.17) is 4.74 Å². The molecule has 8 heteroatoms. The van der Waals surface area contributed by atoms with Gasteiger partial charge < -0.3 is 25.8 Å². The number of nitrogens with one attached hydrogen (secondary N) is 3. The first-order valence-corrected chi connectivity index (χ1v) is 6.64. The number of carbonyl (C=O) groups excluding carboxylic acids is 2. The van der Waals surface area contributed by atoms with Crippen LogP contribution in [0.25, 0.3) is 0 Å². The fourth-order valence-electron chi connectivity index (χ4n) is 1.95. The van der Waals surface area contributed by atoms with Gasteiger partial charge in [0.2, 0.25) is 5.91 Å². The summed E-state index contributed by atoms with van der Waals surface area (Å²) in [5.41, 5.74) is -1.28. The van der Waals surface area contributed by atoms with Gasteiger partial charge in [0.15, 0.2) is 0 Å². The molecule has 8 nitrogen and oxygen atoms in total. The summed E-state index contributed by atoms with van der Waals surface area (Å²) in [6, 6.07) is -0.585. The predicted octanol–water partition coefficient (Wildman–Crippen LogP) is -0.554. The minimum Gasteiger partial charge on any atom is -0.480 e. The lowest BCUT2D eigenvalue weighted by atomic mass is 9.90. The molecule has 0 radical (unpaired) electrons. The Morgan fingerprint density at radius 3 is 2.40 bits per heavy atom. The molecule has 0 atom stereocenters. The van der Waals surface area contributed by atoms with Crippen molar-refractivity contribution in [2.45, 2.75) is 31.7 Å². The molecule has 0 aliphatic carbocycles. The summed E-state index contributed by atoms with van der Waals surface area (Å²) in [6.45, 7) is 3.09. The van der Waals surface area contributed by atoms with Gasteiger partial charge in [0.1, 0.15) is 5.54 Å². The SMILES string of the molecule is CCNC(=O)CCNC(=O)NC1(C(=O)O)CCOCC1. The van der Waals surface area contributed by atoms with Gasteiger partial charge in [-0.05, 0) is 6.92 Å². The molecule has 0 saturated carbocycles. The van der Waals surface area contributed by atoms with E-state index in [9.17, 15) is 19.5 Å². The number of hydrogen-bond acceptors (Lipinski definition) is 4. The highest BCUT2D eigenvalue weighted by Crippen LogP contribution is 2.20.